The van der Waals surface area contributed by atoms with Gasteiger partial charge < -0.3 is 4.57 Å². The normalized spacial score (nSPS) is 10.9. The topological polar surface area (TPSA) is 72.7 Å². The molecule has 0 radical (unpaired) electrons. The highest BCUT2D eigenvalue weighted by atomic mass is 16.2. The molecule has 6 heteroatoms. The van der Waals surface area contributed by atoms with Crippen LogP contribution < -0.4 is 11.2 Å². The number of aryl methyl sites for hydroxylation is 1. The summed E-state index contributed by atoms with van der Waals surface area (Å²) in [5.74, 6) is 0. The Morgan fingerprint density at radius 2 is 2.06 bits per heavy atom. The molecule has 0 saturated carbocycles. The molecule has 0 amide bonds. The lowest BCUT2D eigenvalue weighted by Crippen LogP contribution is -2.27. The van der Waals surface area contributed by atoms with E-state index in [4.69, 9.17) is 0 Å². The molecule has 0 aliphatic carbocycles. The Bertz CT molecular complexity index is 841. The number of nitrogens with zero attached hydrogens (tertiary/aromatic N) is 3. The van der Waals surface area contributed by atoms with E-state index < -0.39 is 11.2 Å². The van der Waals surface area contributed by atoms with Gasteiger partial charge in [0.1, 0.15) is 0 Å². The SMILES string of the molecule is Cn1cnc2ccc(-n3ccc(=O)[nH]c3=O)cc21. The van der Waals surface area contributed by atoms with Crippen LogP contribution in [0.3, 0.4) is 0 Å². The summed E-state index contributed by atoms with van der Waals surface area (Å²) in [5.41, 5.74) is 1.61. The molecule has 0 bridgehead atoms. The number of aromatic nitrogens is 4. The van der Waals surface area contributed by atoms with Gasteiger partial charge in [-0.05, 0) is 18.2 Å². The van der Waals surface area contributed by atoms with Crippen molar-refractivity contribution in [3.05, 3.63) is 57.6 Å². The van der Waals surface area contributed by atoms with Crippen LogP contribution in [-0.2, 0) is 7.05 Å². The highest BCUT2D eigenvalue weighted by Gasteiger charge is 2.04. The second-order valence-corrected chi connectivity index (χ2v) is 4.01. The Morgan fingerprint density at radius 1 is 1.22 bits per heavy atom. The van der Waals surface area contributed by atoms with E-state index in [1.165, 1.54) is 16.8 Å². The van der Waals surface area contributed by atoms with E-state index in [0.717, 1.165) is 11.0 Å². The van der Waals surface area contributed by atoms with Crippen molar-refractivity contribution in [2.24, 2.45) is 7.05 Å². The number of benzene rings is 1. The van der Waals surface area contributed by atoms with Gasteiger partial charge in [0.05, 0.1) is 23.0 Å². The molecule has 0 unspecified atom stereocenters. The summed E-state index contributed by atoms with van der Waals surface area (Å²) in [6.45, 7) is 0. The molecule has 0 spiro atoms. The molecular weight excluding hydrogens is 232 g/mol. The zero-order valence-electron chi connectivity index (χ0n) is 9.62. The van der Waals surface area contributed by atoms with Crippen molar-refractivity contribution in [1.82, 2.24) is 19.1 Å². The predicted octanol–water partition coefficient (Wildman–Crippen LogP) is 0.412. The Kier molecular flexibility index (Phi) is 2.16. The van der Waals surface area contributed by atoms with Crippen LogP contribution in [0, 0.1) is 0 Å². The van der Waals surface area contributed by atoms with E-state index in [1.54, 1.807) is 12.4 Å². The number of nitrogens with one attached hydrogen (secondary N) is 1. The molecule has 1 aromatic carbocycles. The monoisotopic (exact) mass is 242 g/mol. The maximum atomic E-state index is 11.7. The molecule has 0 aliphatic rings. The van der Waals surface area contributed by atoms with Crippen LogP contribution >= 0.6 is 0 Å². The second kappa shape index (κ2) is 3.69. The van der Waals surface area contributed by atoms with Gasteiger partial charge >= 0.3 is 5.69 Å². The fourth-order valence-electron chi connectivity index (χ4n) is 1.88. The van der Waals surface area contributed by atoms with Gasteiger partial charge in [-0.1, -0.05) is 0 Å². The molecule has 0 atom stereocenters. The third-order valence-electron chi connectivity index (χ3n) is 2.81. The summed E-state index contributed by atoms with van der Waals surface area (Å²) in [5, 5.41) is 0. The van der Waals surface area contributed by atoms with E-state index in [-0.39, 0.29) is 0 Å². The number of aromatic amines is 1. The lowest BCUT2D eigenvalue weighted by molar-refractivity contribution is 0.894. The summed E-state index contributed by atoms with van der Waals surface area (Å²) >= 11 is 0. The fourth-order valence-corrected chi connectivity index (χ4v) is 1.88. The van der Waals surface area contributed by atoms with Crippen LogP contribution in [0.5, 0.6) is 0 Å². The summed E-state index contributed by atoms with van der Waals surface area (Å²) in [6.07, 6.45) is 3.17. The molecule has 18 heavy (non-hydrogen) atoms. The van der Waals surface area contributed by atoms with Gasteiger partial charge in [0.25, 0.3) is 5.56 Å². The first-order valence-corrected chi connectivity index (χ1v) is 5.38. The second-order valence-electron chi connectivity index (χ2n) is 4.01. The molecule has 0 saturated heterocycles. The highest BCUT2D eigenvalue weighted by Crippen LogP contribution is 2.15. The number of imidazole rings is 1. The van der Waals surface area contributed by atoms with E-state index in [1.807, 2.05) is 23.7 Å². The van der Waals surface area contributed by atoms with E-state index in [0.29, 0.717) is 5.69 Å². The summed E-state index contributed by atoms with van der Waals surface area (Å²) in [7, 11) is 1.88. The standard InChI is InChI=1S/C12H10N4O2/c1-15-7-13-9-3-2-8(6-10(9)15)16-5-4-11(17)14-12(16)18/h2-7H,1H3,(H,14,17,18). The first-order chi connectivity index (χ1) is 8.65. The number of H-pyrrole nitrogens is 1. The van der Waals surface area contributed by atoms with E-state index in [9.17, 15) is 9.59 Å². The minimum absolute atomic E-state index is 0.405. The number of hydrogen-bond acceptors (Lipinski definition) is 3. The van der Waals surface area contributed by atoms with Crippen molar-refractivity contribution >= 4 is 11.0 Å². The summed E-state index contributed by atoms with van der Waals surface area (Å²) in [6, 6.07) is 6.79. The third-order valence-corrected chi connectivity index (χ3v) is 2.81. The van der Waals surface area contributed by atoms with Gasteiger partial charge in [-0.3, -0.25) is 14.3 Å². The van der Waals surface area contributed by atoms with Crippen molar-refractivity contribution in [1.29, 1.82) is 0 Å². The van der Waals surface area contributed by atoms with Crippen LogP contribution in [0.2, 0.25) is 0 Å². The predicted molar refractivity (Wildman–Crippen MR) is 66.9 cm³/mol. The average molecular weight is 242 g/mol. The minimum atomic E-state index is -0.455. The lowest BCUT2D eigenvalue weighted by Gasteiger charge is -2.04. The lowest BCUT2D eigenvalue weighted by atomic mass is 10.2. The quantitative estimate of drug-likeness (QED) is 0.671. The molecule has 1 N–H and O–H groups in total. The third kappa shape index (κ3) is 1.55. The van der Waals surface area contributed by atoms with Crippen LogP contribution in [0.4, 0.5) is 0 Å². The molecule has 90 valence electrons. The molecule has 6 nitrogen and oxygen atoms in total. The van der Waals surface area contributed by atoms with Crippen molar-refractivity contribution in [2.75, 3.05) is 0 Å². The Labute approximate surface area is 101 Å². The molecular formula is C12H10N4O2. The van der Waals surface area contributed by atoms with Crippen molar-refractivity contribution in [3.8, 4) is 5.69 Å². The fraction of sp³-hybridized carbons (Fsp3) is 0.0833. The zero-order valence-corrected chi connectivity index (χ0v) is 9.62. The Balaban J connectivity index is 2.28. The largest absolute Gasteiger partial charge is 0.334 e. The molecule has 0 fully saturated rings. The number of fused-ring (bicyclic) bond motifs is 1. The Morgan fingerprint density at radius 3 is 2.83 bits per heavy atom. The van der Waals surface area contributed by atoms with Gasteiger partial charge in [0.2, 0.25) is 0 Å². The first kappa shape index (κ1) is 10.5. The van der Waals surface area contributed by atoms with Crippen LogP contribution in [0.15, 0.2) is 46.4 Å². The van der Waals surface area contributed by atoms with Crippen LogP contribution in [0.25, 0.3) is 16.7 Å². The van der Waals surface area contributed by atoms with Crippen molar-refractivity contribution < 1.29 is 0 Å². The molecule has 3 rings (SSSR count). The van der Waals surface area contributed by atoms with Gasteiger partial charge in [-0.15, -0.1) is 0 Å². The minimum Gasteiger partial charge on any atom is -0.334 e. The van der Waals surface area contributed by atoms with Crippen LogP contribution in [0.1, 0.15) is 0 Å². The summed E-state index contributed by atoms with van der Waals surface area (Å²) < 4.78 is 3.25. The van der Waals surface area contributed by atoms with Crippen LogP contribution in [-0.4, -0.2) is 19.1 Å². The van der Waals surface area contributed by atoms with Gasteiger partial charge in [0, 0.05) is 19.3 Å². The molecule has 0 aliphatic heterocycles. The van der Waals surface area contributed by atoms with Gasteiger partial charge in [-0.25, -0.2) is 9.78 Å². The van der Waals surface area contributed by atoms with Crippen molar-refractivity contribution in [3.63, 3.8) is 0 Å². The van der Waals surface area contributed by atoms with Crippen molar-refractivity contribution in [2.45, 2.75) is 0 Å². The average Bonchev–Trinajstić information content (AvgIpc) is 2.71. The van der Waals surface area contributed by atoms with E-state index in [2.05, 4.69) is 9.97 Å². The molecule has 2 heterocycles. The molecule has 2 aromatic heterocycles. The highest BCUT2D eigenvalue weighted by molar-refractivity contribution is 5.77. The molecule has 3 aromatic rings. The number of hydrogen-bond donors (Lipinski definition) is 1. The first-order valence-electron chi connectivity index (χ1n) is 5.38. The number of rotatable bonds is 1. The maximum absolute atomic E-state index is 11.7. The van der Waals surface area contributed by atoms with Gasteiger partial charge in [0.15, 0.2) is 0 Å². The maximum Gasteiger partial charge on any atom is 0.332 e. The Hall–Kier alpha value is -2.63. The smallest absolute Gasteiger partial charge is 0.332 e. The zero-order chi connectivity index (χ0) is 12.7. The summed E-state index contributed by atoms with van der Waals surface area (Å²) in [4.78, 5) is 29.1. The van der Waals surface area contributed by atoms with E-state index >= 15 is 0 Å². The van der Waals surface area contributed by atoms with Gasteiger partial charge in [-0.2, -0.15) is 0 Å².